The van der Waals surface area contributed by atoms with Crippen molar-refractivity contribution in [3.8, 4) is 0 Å². The van der Waals surface area contributed by atoms with E-state index in [2.05, 4.69) is 18.2 Å². The molecule has 1 aromatic rings. The molecule has 0 radical (unpaired) electrons. The normalized spacial score (nSPS) is 17.4. The van der Waals surface area contributed by atoms with Crippen LogP contribution in [0, 0.1) is 6.07 Å². The Morgan fingerprint density at radius 2 is 2.00 bits per heavy atom. The second-order valence-electron chi connectivity index (χ2n) is 4.30. The minimum Gasteiger partial charge on any atom is -0.300 e. The van der Waals surface area contributed by atoms with Crippen LogP contribution in [0.3, 0.4) is 0 Å². The Hall–Kier alpha value is -0.422. The molecule has 0 spiro atoms. The number of carbonyl (C=O) groups is 1. The molecule has 1 nitrogen and oxygen atoms in total. The molecule has 2 rings (SSSR count). The van der Waals surface area contributed by atoms with Gasteiger partial charge in [-0.1, -0.05) is 6.42 Å². The number of hydrogen-bond acceptors (Lipinski definition) is 1. The van der Waals surface area contributed by atoms with Crippen molar-refractivity contribution in [3.63, 3.8) is 0 Å². The summed E-state index contributed by atoms with van der Waals surface area (Å²) in [6.45, 7) is 1.69. The summed E-state index contributed by atoms with van der Waals surface area (Å²) in [5, 5.41) is 0. The first kappa shape index (κ1) is 12.6. The zero-order chi connectivity index (χ0) is 10.0. The third-order valence-electron chi connectivity index (χ3n) is 3.23. The third kappa shape index (κ3) is 2.58. The van der Waals surface area contributed by atoms with Gasteiger partial charge in [-0.2, -0.15) is 35.9 Å². The quantitative estimate of drug-likeness (QED) is 0.747. The second-order valence-corrected chi connectivity index (χ2v) is 4.30. The maximum Gasteiger partial charge on any atom is 0.130 e. The van der Waals surface area contributed by atoms with Gasteiger partial charge in [-0.25, -0.2) is 0 Å². The van der Waals surface area contributed by atoms with Gasteiger partial charge in [-0.15, -0.1) is 0 Å². The summed E-state index contributed by atoms with van der Waals surface area (Å²) in [5.41, 5.74) is 1.48. The molecule has 2 heteroatoms. The van der Waals surface area contributed by atoms with E-state index >= 15 is 0 Å². The molecular formula is C13H15OW-. The number of Topliss-reactive ketones (excluding diaryl/α,β-unsaturated/α-hetero) is 1. The van der Waals surface area contributed by atoms with Crippen LogP contribution in [0.15, 0.2) is 24.3 Å². The van der Waals surface area contributed by atoms with Gasteiger partial charge < -0.3 is 0 Å². The predicted octanol–water partition coefficient (Wildman–Crippen LogP) is 2.89. The molecule has 0 unspecified atom stereocenters. The number of rotatable bonds is 3. The van der Waals surface area contributed by atoms with Crippen molar-refractivity contribution >= 4 is 5.78 Å². The summed E-state index contributed by atoms with van der Waals surface area (Å²) < 4.78 is 0. The molecule has 1 aromatic carbocycles. The Morgan fingerprint density at radius 3 is 2.40 bits per heavy atom. The number of carbonyl (C=O) groups excluding carboxylic acids is 1. The smallest absolute Gasteiger partial charge is 0.130 e. The van der Waals surface area contributed by atoms with Gasteiger partial charge in [0.25, 0.3) is 0 Å². The maximum atomic E-state index is 11.2. The van der Waals surface area contributed by atoms with Gasteiger partial charge in [0.15, 0.2) is 0 Å². The third-order valence-corrected chi connectivity index (χ3v) is 3.23. The standard InChI is InChI=1S/C13H15O.W/c1-11(14)10-13(8-5-9-13)12-6-3-2-4-7-12;/h3-4,6-7H,5,8-10H2,1H3;/q-1;. The van der Waals surface area contributed by atoms with Gasteiger partial charge in [0.05, 0.1) is 0 Å². The molecule has 0 N–H and O–H groups in total. The zero-order valence-corrected chi connectivity index (χ0v) is 11.9. The summed E-state index contributed by atoms with van der Waals surface area (Å²) in [6, 6.07) is 11.1. The first-order valence-corrected chi connectivity index (χ1v) is 5.19. The zero-order valence-electron chi connectivity index (χ0n) is 8.95. The van der Waals surface area contributed by atoms with E-state index in [0.29, 0.717) is 12.2 Å². The Morgan fingerprint density at radius 1 is 1.40 bits per heavy atom. The summed E-state index contributed by atoms with van der Waals surface area (Å²) in [4.78, 5) is 11.2. The maximum absolute atomic E-state index is 11.2. The first-order valence-electron chi connectivity index (χ1n) is 5.19. The van der Waals surface area contributed by atoms with Gasteiger partial charge >= 0.3 is 0 Å². The van der Waals surface area contributed by atoms with Crippen LogP contribution in [0.4, 0.5) is 0 Å². The fourth-order valence-electron chi connectivity index (χ4n) is 2.39. The summed E-state index contributed by atoms with van der Waals surface area (Å²) in [5.74, 6) is 0.303. The van der Waals surface area contributed by atoms with E-state index in [1.54, 1.807) is 6.92 Å². The van der Waals surface area contributed by atoms with Crippen LogP contribution in [-0.2, 0) is 31.3 Å². The van der Waals surface area contributed by atoms with E-state index in [4.69, 9.17) is 0 Å². The van der Waals surface area contributed by atoms with Crippen LogP contribution in [0.2, 0.25) is 0 Å². The minimum atomic E-state index is 0. The molecule has 0 atom stereocenters. The first-order chi connectivity index (χ1) is 6.73. The molecular weight excluding hydrogens is 356 g/mol. The summed E-state index contributed by atoms with van der Waals surface area (Å²) in [7, 11) is 0. The van der Waals surface area contributed by atoms with Crippen molar-refractivity contribution in [2.24, 2.45) is 0 Å². The molecule has 0 aromatic heterocycles. The molecule has 0 amide bonds. The molecule has 0 heterocycles. The minimum absolute atomic E-state index is 0. The SMILES string of the molecule is CC(=O)CC1(c2cc[c-]cc2)CCC1.[W]. The molecule has 1 aliphatic rings. The van der Waals surface area contributed by atoms with Crippen LogP contribution in [0.1, 0.15) is 38.2 Å². The molecule has 80 valence electrons. The molecule has 1 aliphatic carbocycles. The van der Waals surface area contributed by atoms with Gasteiger partial charge in [-0.05, 0) is 25.2 Å². The van der Waals surface area contributed by atoms with Crippen LogP contribution >= 0.6 is 0 Å². The fourth-order valence-corrected chi connectivity index (χ4v) is 2.39. The van der Waals surface area contributed by atoms with Crippen molar-refractivity contribution in [1.29, 1.82) is 0 Å². The van der Waals surface area contributed by atoms with Crippen molar-refractivity contribution in [2.45, 2.75) is 38.0 Å². The van der Waals surface area contributed by atoms with Gasteiger partial charge in [-0.3, -0.25) is 4.79 Å². The Labute approximate surface area is 106 Å². The van der Waals surface area contributed by atoms with E-state index in [1.165, 1.54) is 12.0 Å². The Bertz CT molecular complexity index is 328. The molecule has 0 bridgehead atoms. The van der Waals surface area contributed by atoms with E-state index in [1.807, 2.05) is 12.1 Å². The predicted molar refractivity (Wildman–Crippen MR) is 56.1 cm³/mol. The Balaban J connectivity index is 0.00000112. The van der Waals surface area contributed by atoms with Crippen molar-refractivity contribution < 1.29 is 25.9 Å². The summed E-state index contributed by atoms with van der Waals surface area (Å²) >= 11 is 0. The largest absolute Gasteiger partial charge is 0.300 e. The average Bonchev–Trinajstić information content (AvgIpc) is 2.12. The fraction of sp³-hybridized carbons (Fsp3) is 0.462. The molecule has 15 heavy (non-hydrogen) atoms. The van der Waals surface area contributed by atoms with Gasteiger partial charge in [0.1, 0.15) is 5.78 Å². The number of benzene rings is 1. The van der Waals surface area contributed by atoms with Crippen molar-refractivity contribution in [3.05, 3.63) is 35.9 Å². The van der Waals surface area contributed by atoms with Crippen LogP contribution in [0.25, 0.3) is 0 Å². The summed E-state index contributed by atoms with van der Waals surface area (Å²) in [6.07, 6.45) is 4.29. The van der Waals surface area contributed by atoms with E-state index in [0.717, 1.165) is 12.8 Å². The Kier molecular flexibility index (Phi) is 4.28. The molecule has 0 aliphatic heterocycles. The van der Waals surface area contributed by atoms with Gasteiger partial charge in [0, 0.05) is 27.5 Å². The number of ketones is 1. The van der Waals surface area contributed by atoms with E-state index in [9.17, 15) is 4.79 Å². The topological polar surface area (TPSA) is 17.1 Å². The van der Waals surface area contributed by atoms with Crippen LogP contribution in [-0.4, -0.2) is 5.78 Å². The van der Waals surface area contributed by atoms with Gasteiger partial charge in [0.2, 0.25) is 0 Å². The van der Waals surface area contributed by atoms with E-state index in [-0.39, 0.29) is 26.5 Å². The molecule has 1 fully saturated rings. The molecule has 1 saturated carbocycles. The second kappa shape index (κ2) is 5.07. The number of hydrogen-bond donors (Lipinski definition) is 0. The van der Waals surface area contributed by atoms with E-state index < -0.39 is 0 Å². The van der Waals surface area contributed by atoms with Crippen LogP contribution in [0.5, 0.6) is 0 Å². The van der Waals surface area contributed by atoms with Crippen molar-refractivity contribution in [1.82, 2.24) is 0 Å². The van der Waals surface area contributed by atoms with Crippen LogP contribution < -0.4 is 0 Å². The molecule has 0 saturated heterocycles. The monoisotopic (exact) mass is 371 g/mol. The van der Waals surface area contributed by atoms with Crippen molar-refractivity contribution in [2.75, 3.05) is 0 Å². The average molecular weight is 371 g/mol.